The van der Waals surface area contributed by atoms with Crippen molar-refractivity contribution in [3.63, 3.8) is 0 Å². The van der Waals surface area contributed by atoms with Gasteiger partial charge in [0.25, 0.3) is 0 Å². The molecule has 0 aliphatic heterocycles. The smallest absolute Gasteiger partial charge is 0.315 e. The summed E-state index contributed by atoms with van der Waals surface area (Å²) in [5, 5.41) is 0. The Morgan fingerprint density at radius 2 is 1.50 bits per heavy atom. The molecule has 18 heavy (non-hydrogen) atoms. The van der Waals surface area contributed by atoms with E-state index in [4.69, 9.17) is 9.47 Å². The van der Waals surface area contributed by atoms with Crippen LogP contribution in [0.2, 0.25) is 0 Å². The van der Waals surface area contributed by atoms with E-state index in [9.17, 15) is 9.59 Å². The predicted molar refractivity (Wildman–Crippen MR) is 73.7 cm³/mol. The average Bonchev–Trinajstić information content (AvgIpc) is 2.35. The van der Waals surface area contributed by atoms with Gasteiger partial charge < -0.3 is 9.47 Å². The van der Waals surface area contributed by atoms with Crippen molar-refractivity contribution in [2.24, 2.45) is 0 Å². The van der Waals surface area contributed by atoms with Crippen LogP contribution in [-0.4, -0.2) is 36.7 Å². The van der Waals surface area contributed by atoms with Gasteiger partial charge in [-0.1, -0.05) is 26.7 Å². The topological polar surface area (TPSA) is 52.6 Å². The summed E-state index contributed by atoms with van der Waals surface area (Å²) in [6, 6.07) is 0. The summed E-state index contributed by atoms with van der Waals surface area (Å²) in [5.41, 5.74) is 0. The van der Waals surface area contributed by atoms with E-state index in [0.717, 1.165) is 25.7 Å². The largest absolute Gasteiger partial charge is 0.466 e. The lowest BCUT2D eigenvalue weighted by molar-refractivity contribution is -0.143. The van der Waals surface area contributed by atoms with E-state index in [2.05, 4.69) is 0 Å². The second-order valence-electron chi connectivity index (χ2n) is 3.95. The molecule has 106 valence electrons. The molecule has 0 rings (SSSR count). The highest BCUT2D eigenvalue weighted by atomic mass is 32.2. The Hall–Kier alpha value is -0.710. The van der Waals surface area contributed by atoms with Crippen LogP contribution in [0.25, 0.3) is 0 Å². The highest BCUT2D eigenvalue weighted by Gasteiger charge is 2.05. The number of esters is 2. The van der Waals surface area contributed by atoms with Gasteiger partial charge in [0.15, 0.2) is 0 Å². The molecule has 5 heteroatoms. The van der Waals surface area contributed by atoms with E-state index >= 15 is 0 Å². The number of carbonyl (C=O) groups is 2. The summed E-state index contributed by atoms with van der Waals surface area (Å²) in [6.45, 7) is 5.09. The quantitative estimate of drug-likeness (QED) is 0.429. The summed E-state index contributed by atoms with van der Waals surface area (Å²) in [7, 11) is 0. The molecule has 0 saturated carbocycles. The first-order chi connectivity index (χ1) is 8.70. The van der Waals surface area contributed by atoms with Crippen LogP contribution in [0.5, 0.6) is 0 Å². The van der Waals surface area contributed by atoms with Gasteiger partial charge in [-0.2, -0.15) is 0 Å². The van der Waals surface area contributed by atoms with Crippen molar-refractivity contribution >= 4 is 23.7 Å². The third-order valence-electron chi connectivity index (χ3n) is 2.19. The molecule has 0 heterocycles. The number of unbranched alkanes of at least 4 members (excludes halogenated alkanes) is 2. The molecule has 0 spiro atoms. The number of ether oxygens (including phenoxy) is 2. The molecule has 0 amide bonds. The number of hydrogen-bond donors (Lipinski definition) is 0. The van der Waals surface area contributed by atoms with E-state index in [0.29, 0.717) is 31.1 Å². The zero-order valence-corrected chi connectivity index (χ0v) is 12.2. The Morgan fingerprint density at radius 3 is 2.06 bits per heavy atom. The summed E-state index contributed by atoms with van der Waals surface area (Å²) >= 11 is 1.41. The van der Waals surface area contributed by atoms with Gasteiger partial charge in [-0.15, -0.1) is 11.8 Å². The van der Waals surface area contributed by atoms with Crippen molar-refractivity contribution in [2.45, 2.75) is 46.0 Å². The molecule has 0 aliphatic rings. The van der Waals surface area contributed by atoms with E-state index in [-0.39, 0.29) is 11.9 Å². The van der Waals surface area contributed by atoms with Gasteiger partial charge >= 0.3 is 11.9 Å². The maximum Gasteiger partial charge on any atom is 0.315 e. The van der Waals surface area contributed by atoms with Crippen LogP contribution < -0.4 is 0 Å². The van der Waals surface area contributed by atoms with Crippen molar-refractivity contribution in [1.29, 1.82) is 0 Å². The Morgan fingerprint density at radius 1 is 0.944 bits per heavy atom. The fraction of sp³-hybridized carbons (Fsp3) is 0.846. The molecule has 0 N–H and O–H groups in total. The molecule has 0 atom stereocenters. The minimum Gasteiger partial charge on any atom is -0.466 e. The second kappa shape index (κ2) is 12.7. The Bertz CT molecular complexity index is 207. The molecule has 0 bridgehead atoms. The SMILES string of the molecule is CCCCOC(=O)CCSCC(=O)OCCCC. The third kappa shape index (κ3) is 11.8. The normalized spacial score (nSPS) is 10.1. The van der Waals surface area contributed by atoms with Crippen molar-refractivity contribution in [3.8, 4) is 0 Å². The number of thioether (sulfide) groups is 1. The maximum absolute atomic E-state index is 11.2. The van der Waals surface area contributed by atoms with Gasteiger partial charge in [-0.3, -0.25) is 9.59 Å². The molecule has 0 aromatic carbocycles. The van der Waals surface area contributed by atoms with Gasteiger partial charge in [0.1, 0.15) is 0 Å². The Balaban J connectivity index is 3.32. The molecule has 0 unspecified atom stereocenters. The Kier molecular flexibility index (Phi) is 12.2. The summed E-state index contributed by atoms with van der Waals surface area (Å²) in [5.74, 6) is 0.530. The van der Waals surface area contributed by atoms with Crippen LogP contribution in [0, 0.1) is 0 Å². The van der Waals surface area contributed by atoms with Crippen LogP contribution in [0.4, 0.5) is 0 Å². The van der Waals surface area contributed by atoms with Crippen molar-refractivity contribution in [3.05, 3.63) is 0 Å². The molecular formula is C13H24O4S. The summed E-state index contributed by atoms with van der Waals surface area (Å²) in [4.78, 5) is 22.4. The maximum atomic E-state index is 11.2. The molecule has 0 radical (unpaired) electrons. The molecular weight excluding hydrogens is 252 g/mol. The fourth-order valence-corrected chi connectivity index (χ4v) is 1.79. The molecule has 0 aromatic rings. The van der Waals surface area contributed by atoms with Gasteiger partial charge in [0.2, 0.25) is 0 Å². The van der Waals surface area contributed by atoms with Crippen LogP contribution in [-0.2, 0) is 19.1 Å². The van der Waals surface area contributed by atoms with Gasteiger partial charge in [-0.25, -0.2) is 0 Å². The second-order valence-corrected chi connectivity index (χ2v) is 5.06. The van der Waals surface area contributed by atoms with Crippen LogP contribution in [0.15, 0.2) is 0 Å². The first kappa shape index (κ1) is 17.3. The molecule has 4 nitrogen and oxygen atoms in total. The lowest BCUT2D eigenvalue weighted by Gasteiger charge is -2.04. The van der Waals surface area contributed by atoms with Crippen molar-refractivity contribution in [2.75, 3.05) is 24.7 Å². The molecule has 0 aliphatic carbocycles. The predicted octanol–water partition coefficient (Wildman–Crippen LogP) is 2.80. The third-order valence-corrected chi connectivity index (χ3v) is 3.12. The minimum absolute atomic E-state index is 0.185. The Labute approximate surface area is 114 Å². The zero-order chi connectivity index (χ0) is 13.6. The summed E-state index contributed by atoms with van der Waals surface area (Å²) < 4.78 is 9.99. The van der Waals surface area contributed by atoms with E-state index in [1.54, 1.807) is 0 Å². The first-order valence-corrected chi connectivity index (χ1v) is 7.75. The highest BCUT2D eigenvalue weighted by molar-refractivity contribution is 7.99. The standard InChI is InChI=1S/C13H24O4S/c1-3-5-8-16-12(14)7-10-18-11-13(15)17-9-6-4-2/h3-11H2,1-2H3. The number of rotatable bonds is 11. The lowest BCUT2D eigenvalue weighted by Crippen LogP contribution is -2.10. The monoisotopic (exact) mass is 276 g/mol. The number of carbonyl (C=O) groups excluding carboxylic acids is 2. The molecule has 0 saturated heterocycles. The van der Waals surface area contributed by atoms with Gasteiger partial charge in [0.05, 0.1) is 25.4 Å². The average molecular weight is 276 g/mol. The van der Waals surface area contributed by atoms with E-state index in [1.807, 2.05) is 13.8 Å². The first-order valence-electron chi connectivity index (χ1n) is 6.59. The number of hydrogen-bond acceptors (Lipinski definition) is 5. The van der Waals surface area contributed by atoms with Gasteiger partial charge in [0, 0.05) is 5.75 Å². The van der Waals surface area contributed by atoms with E-state index < -0.39 is 0 Å². The molecule has 0 aromatic heterocycles. The minimum atomic E-state index is -0.201. The highest BCUT2D eigenvalue weighted by Crippen LogP contribution is 2.05. The van der Waals surface area contributed by atoms with Crippen LogP contribution in [0.1, 0.15) is 46.0 Å². The van der Waals surface area contributed by atoms with Crippen molar-refractivity contribution in [1.82, 2.24) is 0 Å². The van der Waals surface area contributed by atoms with Crippen LogP contribution >= 0.6 is 11.8 Å². The fourth-order valence-electron chi connectivity index (χ4n) is 1.09. The van der Waals surface area contributed by atoms with Crippen LogP contribution in [0.3, 0.4) is 0 Å². The van der Waals surface area contributed by atoms with Gasteiger partial charge in [-0.05, 0) is 12.8 Å². The molecule has 0 fully saturated rings. The summed E-state index contributed by atoms with van der Waals surface area (Å²) in [6.07, 6.45) is 4.20. The zero-order valence-electron chi connectivity index (χ0n) is 11.4. The van der Waals surface area contributed by atoms with Crippen molar-refractivity contribution < 1.29 is 19.1 Å². The lowest BCUT2D eigenvalue weighted by atomic mass is 10.4. The van der Waals surface area contributed by atoms with E-state index in [1.165, 1.54) is 11.8 Å².